The number of hydrogen-bond donors (Lipinski definition) is 0. The molecule has 1 fully saturated rings. The molecule has 1 aromatic heterocycles. The maximum Gasteiger partial charge on any atom is 0.107 e. The third kappa shape index (κ3) is 2.52. The fourth-order valence-electron chi connectivity index (χ4n) is 2.06. The summed E-state index contributed by atoms with van der Waals surface area (Å²) < 4.78 is 7.33. The van der Waals surface area contributed by atoms with Gasteiger partial charge in [-0.15, -0.1) is 0 Å². The van der Waals surface area contributed by atoms with Crippen molar-refractivity contribution in [2.45, 2.75) is 45.3 Å². The van der Waals surface area contributed by atoms with Gasteiger partial charge in [0.05, 0.1) is 17.7 Å². The van der Waals surface area contributed by atoms with Crippen LogP contribution >= 0.6 is 11.6 Å². The predicted molar refractivity (Wildman–Crippen MR) is 60.1 cm³/mol. The minimum atomic E-state index is 0.523. The summed E-state index contributed by atoms with van der Waals surface area (Å²) in [7, 11) is 0. The third-order valence-electron chi connectivity index (χ3n) is 2.90. The van der Waals surface area contributed by atoms with E-state index in [-0.39, 0.29) is 0 Å². The Morgan fingerprint density at radius 1 is 1.53 bits per heavy atom. The third-order valence-corrected chi connectivity index (χ3v) is 3.21. The van der Waals surface area contributed by atoms with Crippen molar-refractivity contribution in [3.05, 3.63) is 16.9 Å². The molecule has 1 aliphatic carbocycles. The number of halogens is 1. The molecule has 0 bridgehead atoms. The van der Waals surface area contributed by atoms with Crippen molar-refractivity contribution in [2.24, 2.45) is 0 Å². The molecule has 0 aliphatic heterocycles. The summed E-state index contributed by atoms with van der Waals surface area (Å²) in [6, 6.07) is 0.554. The van der Waals surface area contributed by atoms with Gasteiger partial charge in [0.2, 0.25) is 0 Å². The van der Waals surface area contributed by atoms with Gasteiger partial charge >= 0.3 is 0 Å². The zero-order valence-electron chi connectivity index (χ0n) is 9.08. The van der Waals surface area contributed by atoms with Gasteiger partial charge in [-0.2, -0.15) is 5.10 Å². The maximum absolute atomic E-state index is 6.10. The van der Waals surface area contributed by atoms with Crippen LogP contribution in [0.25, 0.3) is 0 Å². The fourth-order valence-corrected chi connectivity index (χ4v) is 2.25. The molecule has 0 amide bonds. The van der Waals surface area contributed by atoms with Crippen LogP contribution < -0.4 is 0 Å². The molecule has 1 heterocycles. The Kier molecular flexibility index (Phi) is 3.65. The van der Waals surface area contributed by atoms with E-state index in [9.17, 15) is 0 Å². The zero-order valence-corrected chi connectivity index (χ0v) is 9.83. The Hall–Kier alpha value is -0.540. The lowest BCUT2D eigenvalue weighted by molar-refractivity contribution is 0.130. The van der Waals surface area contributed by atoms with Crippen molar-refractivity contribution < 1.29 is 4.74 Å². The van der Waals surface area contributed by atoms with Gasteiger partial charge in [0.15, 0.2) is 0 Å². The zero-order chi connectivity index (χ0) is 10.7. The van der Waals surface area contributed by atoms with Crippen LogP contribution in [0.5, 0.6) is 0 Å². The number of nitrogens with zero attached hydrogens (tertiary/aromatic N) is 2. The average molecular weight is 229 g/mol. The van der Waals surface area contributed by atoms with E-state index in [1.807, 2.05) is 17.8 Å². The molecule has 1 saturated carbocycles. The van der Waals surface area contributed by atoms with Gasteiger partial charge in [0, 0.05) is 12.8 Å². The lowest BCUT2D eigenvalue weighted by atomic mass is 10.3. The van der Waals surface area contributed by atoms with E-state index < -0.39 is 0 Å². The molecule has 0 aromatic carbocycles. The number of rotatable bonds is 4. The predicted octanol–water partition coefficient (Wildman–Crippen LogP) is 3.19. The Labute approximate surface area is 95.4 Å². The van der Waals surface area contributed by atoms with Crippen LogP contribution in [-0.2, 0) is 11.3 Å². The first-order chi connectivity index (χ1) is 7.31. The number of aromatic nitrogens is 2. The molecule has 0 atom stereocenters. The second-order valence-corrected chi connectivity index (χ2v) is 4.39. The Balaban J connectivity index is 2.06. The first-order valence-electron chi connectivity index (χ1n) is 5.62. The highest BCUT2D eigenvalue weighted by Crippen LogP contribution is 2.30. The van der Waals surface area contributed by atoms with E-state index >= 15 is 0 Å². The summed E-state index contributed by atoms with van der Waals surface area (Å²) in [6.45, 7) is 3.20. The highest BCUT2D eigenvalue weighted by atomic mass is 35.5. The second-order valence-electron chi connectivity index (χ2n) is 3.98. The van der Waals surface area contributed by atoms with Crippen molar-refractivity contribution in [3.8, 4) is 0 Å². The van der Waals surface area contributed by atoms with Gasteiger partial charge in [0.1, 0.15) is 5.69 Å². The van der Waals surface area contributed by atoms with E-state index in [0.29, 0.717) is 19.3 Å². The molecule has 0 spiro atoms. The first kappa shape index (κ1) is 11.0. The fraction of sp³-hybridized carbons (Fsp3) is 0.727. The first-order valence-corrected chi connectivity index (χ1v) is 6.00. The molecule has 2 rings (SSSR count). The lowest BCUT2D eigenvalue weighted by Crippen LogP contribution is -2.06. The molecule has 0 N–H and O–H groups in total. The van der Waals surface area contributed by atoms with Crippen molar-refractivity contribution >= 4 is 11.6 Å². The molecule has 0 unspecified atom stereocenters. The van der Waals surface area contributed by atoms with Gasteiger partial charge in [0.25, 0.3) is 0 Å². The van der Waals surface area contributed by atoms with Crippen LogP contribution in [0.15, 0.2) is 6.20 Å². The van der Waals surface area contributed by atoms with Crippen LogP contribution in [0.1, 0.15) is 44.3 Å². The molecule has 3 nitrogen and oxygen atoms in total. The summed E-state index contributed by atoms with van der Waals surface area (Å²) in [5, 5.41) is 5.22. The van der Waals surface area contributed by atoms with E-state index in [2.05, 4.69) is 5.10 Å². The van der Waals surface area contributed by atoms with Gasteiger partial charge in [-0.05, 0) is 19.8 Å². The van der Waals surface area contributed by atoms with Gasteiger partial charge < -0.3 is 4.74 Å². The topological polar surface area (TPSA) is 27.1 Å². The molecule has 1 aliphatic rings. The summed E-state index contributed by atoms with van der Waals surface area (Å²) in [4.78, 5) is 0. The monoisotopic (exact) mass is 228 g/mol. The minimum absolute atomic E-state index is 0.523. The number of hydrogen-bond acceptors (Lipinski definition) is 2. The van der Waals surface area contributed by atoms with Gasteiger partial charge in [-0.3, -0.25) is 4.68 Å². The van der Waals surface area contributed by atoms with E-state index in [4.69, 9.17) is 16.3 Å². The Bertz CT molecular complexity index is 318. The van der Waals surface area contributed by atoms with Crippen LogP contribution in [0.4, 0.5) is 0 Å². The molecule has 0 radical (unpaired) electrons. The summed E-state index contributed by atoms with van der Waals surface area (Å²) in [5.41, 5.74) is 0.866. The highest BCUT2D eigenvalue weighted by molar-refractivity contribution is 6.31. The van der Waals surface area contributed by atoms with Crippen LogP contribution in [0.2, 0.25) is 5.02 Å². The van der Waals surface area contributed by atoms with Crippen LogP contribution in [0.3, 0.4) is 0 Å². The van der Waals surface area contributed by atoms with Gasteiger partial charge in [-0.25, -0.2) is 0 Å². The van der Waals surface area contributed by atoms with Crippen molar-refractivity contribution in [2.75, 3.05) is 6.61 Å². The summed E-state index contributed by atoms with van der Waals surface area (Å²) >= 11 is 6.10. The van der Waals surface area contributed by atoms with Crippen LogP contribution in [0, 0.1) is 0 Å². The van der Waals surface area contributed by atoms with E-state index in [1.165, 1.54) is 25.7 Å². The van der Waals surface area contributed by atoms with Crippen molar-refractivity contribution in [3.63, 3.8) is 0 Å². The number of ether oxygens (including phenoxy) is 1. The van der Waals surface area contributed by atoms with Crippen LogP contribution in [-0.4, -0.2) is 16.4 Å². The maximum atomic E-state index is 6.10. The largest absolute Gasteiger partial charge is 0.375 e. The quantitative estimate of drug-likeness (QED) is 0.792. The van der Waals surface area contributed by atoms with Crippen molar-refractivity contribution in [1.82, 2.24) is 9.78 Å². The van der Waals surface area contributed by atoms with Gasteiger partial charge in [-0.1, -0.05) is 24.4 Å². The van der Waals surface area contributed by atoms with Crippen molar-refractivity contribution in [1.29, 1.82) is 0 Å². The molecule has 1 aromatic rings. The van der Waals surface area contributed by atoms with E-state index in [0.717, 1.165) is 10.7 Å². The summed E-state index contributed by atoms with van der Waals surface area (Å²) in [5.74, 6) is 0. The summed E-state index contributed by atoms with van der Waals surface area (Å²) in [6.07, 6.45) is 7.01. The minimum Gasteiger partial charge on any atom is -0.375 e. The highest BCUT2D eigenvalue weighted by Gasteiger charge is 2.19. The normalized spacial score (nSPS) is 17.5. The molecular formula is C11H17ClN2O. The molecule has 0 saturated heterocycles. The smallest absolute Gasteiger partial charge is 0.107 e. The Morgan fingerprint density at radius 2 is 2.27 bits per heavy atom. The molecule has 15 heavy (non-hydrogen) atoms. The molecule has 84 valence electrons. The van der Waals surface area contributed by atoms with E-state index in [1.54, 1.807) is 0 Å². The standard InChI is InChI=1S/C11H17ClN2O/c1-2-15-8-11-10(12)7-14(13-11)9-5-3-4-6-9/h7,9H,2-6,8H2,1H3. The average Bonchev–Trinajstić information content (AvgIpc) is 2.83. The Morgan fingerprint density at radius 3 is 2.93 bits per heavy atom. The lowest BCUT2D eigenvalue weighted by Gasteiger charge is -2.08. The molecule has 4 heteroatoms. The second kappa shape index (κ2) is 4.99. The SMILES string of the molecule is CCOCc1nn(C2CCCC2)cc1Cl. The molecular weight excluding hydrogens is 212 g/mol.